The molecule has 1 heterocycles. The van der Waals surface area contributed by atoms with Crippen molar-refractivity contribution < 1.29 is 0 Å². The zero-order valence-corrected chi connectivity index (χ0v) is 13.1. The summed E-state index contributed by atoms with van der Waals surface area (Å²) in [6.07, 6.45) is 6.57. The Morgan fingerprint density at radius 1 is 1.20 bits per heavy atom. The first-order valence-electron chi connectivity index (χ1n) is 8.30. The van der Waals surface area contributed by atoms with Crippen LogP contribution in [0.1, 0.15) is 51.5 Å². The molecular formula is C18H30N2. The van der Waals surface area contributed by atoms with E-state index in [4.69, 9.17) is 0 Å². The lowest BCUT2D eigenvalue weighted by molar-refractivity contribution is 0.184. The van der Waals surface area contributed by atoms with Crippen LogP contribution in [-0.4, -0.2) is 30.1 Å². The molecule has 20 heavy (non-hydrogen) atoms. The van der Waals surface area contributed by atoms with Crippen LogP contribution < -0.4 is 5.32 Å². The van der Waals surface area contributed by atoms with Gasteiger partial charge in [-0.15, -0.1) is 0 Å². The van der Waals surface area contributed by atoms with E-state index < -0.39 is 0 Å². The summed E-state index contributed by atoms with van der Waals surface area (Å²) in [5.41, 5.74) is 1.44. The third-order valence-electron chi connectivity index (χ3n) is 4.35. The smallest absolute Gasteiger partial charge is 0.0233 e. The van der Waals surface area contributed by atoms with Gasteiger partial charge in [0.15, 0.2) is 0 Å². The molecule has 2 heteroatoms. The molecule has 0 spiro atoms. The second kappa shape index (κ2) is 8.43. The number of likely N-dealkylation sites (tertiary alicyclic amines) is 1. The van der Waals surface area contributed by atoms with Gasteiger partial charge in [0.05, 0.1) is 0 Å². The molecule has 0 radical (unpaired) electrons. The van der Waals surface area contributed by atoms with E-state index in [2.05, 4.69) is 54.4 Å². The zero-order chi connectivity index (χ0) is 14.2. The van der Waals surface area contributed by atoms with Crippen molar-refractivity contribution in [2.45, 2.75) is 64.6 Å². The maximum Gasteiger partial charge on any atom is 0.0233 e. The predicted molar refractivity (Wildman–Crippen MR) is 86.9 cm³/mol. The molecule has 0 unspecified atom stereocenters. The summed E-state index contributed by atoms with van der Waals surface area (Å²) in [5.74, 6) is 0. The Kier molecular flexibility index (Phi) is 6.55. The Morgan fingerprint density at radius 2 is 1.90 bits per heavy atom. The number of nitrogens with zero attached hydrogens (tertiary/aromatic N) is 1. The minimum absolute atomic E-state index is 0.681. The molecule has 1 aromatic carbocycles. The Bertz CT molecular complexity index is 355. The van der Waals surface area contributed by atoms with E-state index in [1.54, 1.807) is 0 Å². The average Bonchev–Trinajstić information content (AvgIpc) is 2.48. The van der Waals surface area contributed by atoms with E-state index in [1.807, 2.05) is 0 Å². The molecule has 0 aromatic heterocycles. The first-order chi connectivity index (χ1) is 9.78. The number of nitrogens with one attached hydrogen (secondary N) is 1. The summed E-state index contributed by atoms with van der Waals surface area (Å²) in [6.45, 7) is 8.18. The first-order valence-corrected chi connectivity index (χ1v) is 8.30. The molecule has 1 atom stereocenters. The van der Waals surface area contributed by atoms with Gasteiger partial charge in [0.2, 0.25) is 0 Å². The van der Waals surface area contributed by atoms with Gasteiger partial charge in [-0.1, -0.05) is 50.1 Å². The van der Waals surface area contributed by atoms with Gasteiger partial charge in [0.25, 0.3) is 0 Å². The van der Waals surface area contributed by atoms with Crippen LogP contribution in [-0.2, 0) is 6.54 Å². The lowest BCUT2D eigenvalue weighted by Crippen LogP contribution is -2.45. The molecule has 1 aliphatic heterocycles. The highest BCUT2D eigenvalue weighted by molar-refractivity contribution is 5.14. The van der Waals surface area contributed by atoms with Crippen LogP contribution in [0.15, 0.2) is 30.3 Å². The van der Waals surface area contributed by atoms with Crippen molar-refractivity contribution in [3.63, 3.8) is 0 Å². The molecule has 2 nitrogen and oxygen atoms in total. The summed E-state index contributed by atoms with van der Waals surface area (Å²) in [6, 6.07) is 12.2. The fraction of sp³-hybridized carbons (Fsp3) is 0.667. The molecule has 1 aliphatic rings. The highest BCUT2D eigenvalue weighted by Gasteiger charge is 2.20. The number of hydrogen-bond donors (Lipinski definition) is 1. The first kappa shape index (κ1) is 15.5. The summed E-state index contributed by atoms with van der Waals surface area (Å²) in [4.78, 5) is 2.59. The number of hydrogen-bond acceptors (Lipinski definition) is 2. The summed E-state index contributed by atoms with van der Waals surface area (Å²) < 4.78 is 0. The van der Waals surface area contributed by atoms with Crippen molar-refractivity contribution in [1.29, 1.82) is 0 Å². The van der Waals surface area contributed by atoms with Gasteiger partial charge in [0, 0.05) is 18.6 Å². The van der Waals surface area contributed by atoms with Gasteiger partial charge >= 0.3 is 0 Å². The van der Waals surface area contributed by atoms with E-state index in [0.29, 0.717) is 6.04 Å². The van der Waals surface area contributed by atoms with Crippen LogP contribution in [0.5, 0.6) is 0 Å². The highest BCUT2D eigenvalue weighted by atomic mass is 15.1. The minimum Gasteiger partial charge on any atom is -0.311 e. The second-order valence-electron chi connectivity index (χ2n) is 6.25. The average molecular weight is 274 g/mol. The van der Waals surface area contributed by atoms with Crippen molar-refractivity contribution in [3.8, 4) is 0 Å². The molecule has 1 fully saturated rings. The van der Waals surface area contributed by atoms with Crippen LogP contribution in [0, 0.1) is 0 Å². The lowest BCUT2D eigenvalue weighted by atomic mass is 10.0. The van der Waals surface area contributed by atoms with Crippen LogP contribution in [0.2, 0.25) is 0 Å². The second-order valence-corrected chi connectivity index (χ2v) is 6.25. The van der Waals surface area contributed by atoms with Gasteiger partial charge in [-0.25, -0.2) is 0 Å². The quantitative estimate of drug-likeness (QED) is 0.813. The molecule has 1 saturated heterocycles. The summed E-state index contributed by atoms with van der Waals surface area (Å²) in [7, 11) is 0. The molecule has 0 aliphatic carbocycles. The Hall–Kier alpha value is -0.860. The SMILES string of the molecule is CCCC[C@H](C)NC1CCN(Cc2ccccc2)CC1. The summed E-state index contributed by atoms with van der Waals surface area (Å²) >= 11 is 0. The fourth-order valence-electron chi connectivity index (χ4n) is 3.10. The van der Waals surface area contributed by atoms with Crippen LogP contribution in [0.3, 0.4) is 0 Å². The van der Waals surface area contributed by atoms with Gasteiger partial charge in [0.1, 0.15) is 0 Å². The molecule has 112 valence electrons. The van der Waals surface area contributed by atoms with Crippen LogP contribution >= 0.6 is 0 Å². The largest absolute Gasteiger partial charge is 0.311 e. The third kappa shape index (κ3) is 5.26. The van der Waals surface area contributed by atoms with E-state index in [9.17, 15) is 0 Å². The molecular weight excluding hydrogens is 244 g/mol. The number of benzene rings is 1. The predicted octanol–water partition coefficient (Wildman–Crippen LogP) is 3.82. The van der Waals surface area contributed by atoms with Crippen molar-refractivity contribution in [2.75, 3.05) is 13.1 Å². The Morgan fingerprint density at radius 3 is 2.55 bits per heavy atom. The van der Waals surface area contributed by atoms with Crippen molar-refractivity contribution in [3.05, 3.63) is 35.9 Å². The standard InChI is InChI=1S/C18H30N2/c1-3-4-8-16(2)19-18-11-13-20(14-12-18)15-17-9-6-5-7-10-17/h5-7,9-10,16,18-19H,3-4,8,11-15H2,1-2H3/t16-/m0/s1. The van der Waals surface area contributed by atoms with Crippen molar-refractivity contribution >= 4 is 0 Å². The van der Waals surface area contributed by atoms with E-state index in [0.717, 1.165) is 12.6 Å². The fourth-order valence-corrected chi connectivity index (χ4v) is 3.10. The van der Waals surface area contributed by atoms with Crippen LogP contribution in [0.4, 0.5) is 0 Å². The number of piperidine rings is 1. The molecule has 1 N–H and O–H groups in total. The van der Waals surface area contributed by atoms with E-state index in [1.165, 1.54) is 50.8 Å². The van der Waals surface area contributed by atoms with Crippen molar-refractivity contribution in [1.82, 2.24) is 10.2 Å². The molecule has 0 amide bonds. The van der Waals surface area contributed by atoms with Gasteiger partial charge in [-0.05, 0) is 44.8 Å². The Labute approximate surface area is 124 Å². The topological polar surface area (TPSA) is 15.3 Å². The molecule has 0 bridgehead atoms. The lowest BCUT2D eigenvalue weighted by Gasteiger charge is -2.34. The molecule has 1 aromatic rings. The molecule has 2 rings (SSSR count). The van der Waals surface area contributed by atoms with E-state index in [-0.39, 0.29) is 0 Å². The van der Waals surface area contributed by atoms with Gasteiger partial charge < -0.3 is 5.32 Å². The maximum absolute atomic E-state index is 3.81. The molecule has 0 saturated carbocycles. The summed E-state index contributed by atoms with van der Waals surface area (Å²) in [5, 5.41) is 3.81. The zero-order valence-electron chi connectivity index (χ0n) is 13.1. The number of unbranched alkanes of at least 4 members (excludes halogenated alkanes) is 1. The minimum atomic E-state index is 0.681. The maximum atomic E-state index is 3.81. The Balaban J connectivity index is 1.67. The third-order valence-corrected chi connectivity index (χ3v) is 4.35. The normalized spacial score (nSPS) is 19.1. The van der Waals surface area contributed by atoms with Crippen LogP contribution in [0.25, 0.3) is 0 Å². The van der Waals surface area contributed by atoms with Gasteiger partial charge in [-0.3, -0.25) is 4.90 Å². The highest BCUT2D eigenvalue weighted by Crippen LogP contribution is 2.15. The van der Waals surface area contributed by atoms with E-state index >= 15 is 0 Å². The number of rotatable bonds is 7. The monoisotopic (exact) mass is 274 g/mol. The van der Waals surface area contributed by atoms with Gasteiger partial charge in [-0.2, -0.15) is 0 Å². The van der Waals surface area contributed by atoms with Crippen molar-refractivity contribution in [2.24, 2.45) is 0 Å².